The van der Waals surface area contributed by atoms with Crippen molar-refractivity contribution >= 4 is 17.3 Å². The van der Waals surface area contributed by atoms with Crippen molar-refractivity contribution in [3.05, 3.63) is 40.2 Å². The lowest BCUT2D eigenvalue weighted by Crippen LogP contribution is -2.30. The second-order valence-corrected chi connectivity index (χ2v) is 4.20. The van der Waals surface area contributed by atoms with Gasteiger partial charge in [0.2, 0.25) is 0 Å². The maximum atomic E-state index is 11.8. The van der Waals surface area contributed by atoms with Gasteiger partial charge in [0.25, 0.3) is 0 Å². The van der Waals surface area contributed by atoms with Gasteiger partial charge in [-0.05, 0) is 25.2 Å². The van der Waals surface area contributed by atoms with Gasteiger partial charge < -0.3 is 19.3 Å². The second-order valence-electron chi connectivity index (χ2n) is 4.20. The third-order valence-electron chi connectivity index (χ3n) is 2.99. The van der Waals surface area contributed by atoms with Crippen LogP contribution in [-0.4, -0.2) is 26.5 Å². The van der Waals surface area contributed by atoms with Crippen molar-refractivity contribution in [3.63, 3.8) is 0 Å². The first kappa shape index (κ1) is 13.3. The molecular weight excluding hydrogens is 246 g/mol. The Morgan fingerprint density at radius 2 is 2.21 bits per heavy atom. The summed E-state index contributed by atoms with van der Waals surface area (Å²) < 4.78 is 10.3. The third-order valence-corrected chi connectivity index (χ3v) is 2.99. The average Bonchev–Trinajstić information content (AvgIpc) is 2.44. The first-order chi connectivity index (χ1) is 9.17. The molecule has 5 nitrogen and oxygen atoms in total. The van der Waals surface area contributed by atoms with E-state index in [0.717, 1.165) is 11.7 Å². The Labute approximate surface area is 110 Å². The standard InChI is InChI=1S/C14H15NO4/c1-15-11(8-16)6-10-5-9-3-4-12(18-2)7-13(9)19-14(10)17/h3-5,7-8,11,15H,6H2,1-2H3. The molecule has 1 N–H and O–H groups in total. The van der Waals surface area contributed by atoms with E-state index in [9.17, 15) is 9.59 Å². The minimum atomic E-state index is -0.428. The lowest BCUT2D eigenvalue weighted by atomic mass is 10.1. The number of rotatable bonds is 5. The van der Waals surface area contributed by atoms with E-state index in [1.807, 2.05) is 6.07 Å². The molecule has 5 heteroatoms. The second kappa shape index (κ2) is 5.67. The summed E-state index contributed by atoms with van der Waals surface area (Å²) in [4.78, 5) is 22.6. The fourth-order valence-electron chi connectivity index (χ4n) is 1.86. The van der Waals surface area contributed by atoms with Crippen LogP contribution in [0.15, 0.2) is 33.5 Å². The molecule has 2 aromatic rings. The van der Waals surface area contributed by atoms with Crippen molar-refractivity contribution in [1.82, 2.24) is 5.32 Å². The molecule has 0 saturated carbocycles. The molecule has 100 valence electrons. The highest BCUT2D eigenvalue weighted by atomic mass is 16.5. The van der Waals surface area contributed by atoms with Gasteiger partial charge in [0.15, 0.2) is 0 Å². The number of methoxy groups -OCH3 is 1. The maximum Gasteiger partial charge on any atom is 0.339 e. The van der Waals surface area contributed by atoms with Crippen molar-refractivity contribution in [1.29, 1.82) is 0 Å². The minimum absolute atomic E-state index is 0.310. The van der Waals surface area contributed by atoms with Crippen LogP contribution in [0.1, 0.15) is 5.56 Å². The molecule has 0 fully saturated rings. The molecule has 2 rings (SSSR count). The highest BCUT2D eigenvalue weighted by molar-refractivity contribution is 5.78. The number of likely N-dealkylation sites (N-methyl/N-ethyl adjacent to an activating group) is 1. The molecule has 1 aromatic heterocycles. The third kappa shape index (κ3) is 2.82. The SMILES string of the molecule is CNC(C=O)Cc1cc2ccc(OC)cc2oc1=O. The van der Waals surface area contributed by atoms with E-state index in [1.54, 1.807) is 32.4 Å². The molecule has 1 unspecified atom stereocenters. The first-order valence-electron chi connectivity index (χ1n) is 5.91. The summed E-state index contributed by atoms with van der Waals surface area (Å²) in [6.45, 7) is 0. The Balaban J connectivity index is 2.44. The van der Waals surface area contributed by atoms with Crippen molar-refractivity contribution in [2.24, 2.45) is 0 Å². The molecule has 0 saturated heterocycles. The average molecular weight is 261 g/mol. The van der Waals surface area contributed by atoms with Gasteiger partial charge in [-0.25, -0.2) is 4.79 Å². The highest BCUT2D eigenvalue weighted by Crippen LogP contribution is 2.20. The number of aldehydes is 1. The van der Waals surface area contributed by atoms with Crippen molar-refractivity contribution < 1.29 is 13.9 Å². The van der Waals surface area contributed by atoms with Crippen LogP contribution < -0.4 is 15.7 Å². The Hall–Kier alpha value is -2.14. The molecule has 0 aliphatic rings. The largest absolute Gasteiger partial charge is 0.497 e. The van der Waals surface area contributed by atoms with Gasteiger partial charge in [0.1, 0.15) is 17.6 Å². The molecule has 0 aliphatic carbocycles. The zero-order valence-corrected chi connectivity index (χ0v) is 10.8. The Kier molecular flexibility index (Phi) is 3.97. The number of hydrogen-bond acceptors (Lipinski definition) is 5. The zero-order valence-electron chi connectivity index (χ0n) is 10.8. The van der Waals surface area contributed by atoms with Gasteiger partial charge in [-0.15, -0.1) is 0 Å². The van der Waals surface area contributed by atoms with E-state index in [1.165, 1.54) is 0 Å². The normalized spacial score (nSPS) is 12.3. The van der Waals surface area contributed by atoms with E-state index in [4.69, 9.17) is 9.15 Å². The molecular formula is C14H15NO4. The summed E-state index contributed by atoms with van der Waals surface area (Å²) in [5.74, 6) is 0.629. The molecule has 19 heavy (non-hydrogen) atoms. The fraction of sp³-hybridized carbons (Fsp3) is 0.286. The molecule has 1 aromatic carbocycles. The Morgan fingerprint density at radius 3 is 2.84 bits per heavy atom. The van der Waals surface area contributed by atoms with Crippen molar-refractivity contribution in [3.8, 4) is 5.75 Å². The number of carbonyl (C=O) groups excluding carboxylic acids is 1. The van der Waals surface area contributed by atoms with Gasteiger partial charge in [0.05, 0.1) is 13.2 Å². The summed E-state index contributed by atoms with van der Waals surface area (Å²) in [7, 11) is 3.22. The van der Waals surface area contributed by atoms with Crippen molar-refractivity contribution in [2.75, 3.05) is 14.2 Å². The van der Waals surface area contributed by atoms with Crippen LogP contribution >= 0.6 is 0 Å². The number of nitrogens with one attached hydrogen (secondary N) is 1. The summed E-state index contributed by atoms with van der Waals surface area (Å²) >= 11 is 0. The Morgan fingerprint density at radius 1 is 1.42 bits per heavy atom. The first-order valence-corrected chi connectivity index (χ1v) is 5.91. The molecule has 0 radical (unpaired) electrons. The maximum absolute atomic E-state index is 11.8. The van der Waals surface area contributed by atoms with Crippen LogP contribution in [0.25, 0.3) is 11.0 Å². The smallest absolute Gasteiger partial charge is 0.339 e. The quantitative estimate of drug-likeness (QED) is 0.645. The zero-order chi connectivity index (χ0) is 13.8. The van der Waals surface area contributed by atoms with Crippen LogP contribution in [0.2, 0.25) is 0 Å². The molecule has 1 heterocycles. The van der Waals surface area contributed by atoms with Gasteiger partial charge in [-0.2, -0.15) is 0 Å². The molecule has 0 spiro atoms. The summed E-state index contributed by atoms with van der Waals surface area (Å²) in [5, 5.41) is 3.63. The number of ether oxygens (including phenoxy) is 1. The van der Waals surface area contributed by atoms with Gasteiger partial charge >= 0.3 is 5.63 Å². The summed E-state index contributed by atoms with van der Waals surface area (Å²) in [6.07, 6.45) is 1.09. The lowest BCUT2D eigenvalue weighted by molar-refractivity contribution is -0.109. The highest BCUT2D eigenvalue weighted by Gasteiger charge is 2.11. The van der Waals surface area contributed by atoms with Crippen LogP contribution in [0.4, 0.5) is 0 Å². The topological polar surface area (TPSA) is 68.5 Å². The fourth-order valence-corrected chi connectivity index (χ4v) is 1.86. The molecule has 0 bridgehead atoms. The van der Waals surface area contributed by atoms with Gasteiger partial charge in [-0.3, -0.25) is 0 Å². The molecule has 0 amide bonds. The molecule has 0 aliphatic heterocycles. The number of carbonyl (C=O) groups is 1. The van der Waals surface area contributed by atoms with Crippen LogP contribution in [0, 0.1) is 0 Å². The predicted molar refractivity (Wildman–Crippen MR) is 71.7 cm³/mol. The number of benzene rings is 1. The van der Waals surface area contributed by atoms with Gasteiger partial charge in [-0.1, -0.05) is 0 Å². The van der Waals surface area contributed by atoms with E-state index in [0.29, 0.717) is 23.3 Å². The lowest BCUT2D eigenvalue weighted by Gasteiger charge is -2.08. The number of fused-ring (bicyclic) bond motifs is 1. The predicted octanol–water partition coefficient (Wildman–Crippen LogP) is 1.13. The van der Waals surface area contributed by atoms with Gasteiger partial charge in [0, 0.05) is 23.4 Å². The minimum Gasteiger partial charge on any atom is -0.497 e. The van der Waals surface area contributed by atoms with E-state index < -0.39 is 11.7 Å². The van der Waals surface area contributed by atoms with Crippen molar-refractivity contribution in [2.45, 2.75) is 12.5 Å². The van der Waals surface area contributed by atoms with E-state index >= 15 is 0 Å². The summed E-state index contributed by atoms with van der Waals surface area (Å²) in [5.41, 5.74) is 0.521. The number of hydrogen-bond donors (Lipinski definition) is 1. The summed E-state index contributed by atoms with van der Waals surface area (Å²) in [6, 6.07) is 6.63. The monoisotopic (exact) mass is 261 g/mol. The van der Waals surface area contributed by atoms with E-state index in [2.05, 4.69) is 5.32 Å². The molecule has 1 atom stereocenters. The van der Waals surface area contributed by atoms with Crippen LogP contribution in [0.5, 0.6) is 5.75 Å². The Bertz CT molecular complexity index is 647. The van der Waals surface area contributed by atoms with E-state index in [-0.39, 0.29) is 0 Å². The van der Waals surface area contributed by atoms with Crippen LogP contribution in [0.3, 0.4) is 0 Å². The van der Waals surface area contributed by atoms with Crippen LogP contribution in [-0.2, 0) is 11.2 Å².